The lowest BCUT2D eigenvalue weighted by atomic mass is 9.85. The number of carbonyl (C=O) groups is 4. The maximum Gasteiger partial charge on any atom is 0.335 e. The molecule has 0 saturated carbocycles. The van der Waals surface area contributed by atoms with Gasteiger partial charge in [-0.15, -0.1) is 0 Å². The average molecular weight is 521 g/mol. The van der Waals surface area contributed by atoms with Gasteiger partial charge in [-0.1, -0.05) is 31.5 Å². The van der Waals surface area contributed by atoms with Gasteiger partial charge in [0.05, 0.1) is 12.2 Å². The van der Waals surface area contributed by atoms with Crippen LogP contribution in [0.15, 0.2) is 42.5 Å². The molecule has 2 aliphatic rings. The zero-order valence-electron chi connectivity index (χ0n) is 22.7. The van der Waals surface area contributed by atoms with E-state index in [0.717, 1.165) is 16.8 Å². The van der Waals surface area contributed by atoms with E-state index in [1.54, 1.807) is 41.1 Å². The summed E-state index contributed by atoms with van der Waals surface area (Å²) in [5, 5.41) is 12.2. The summed E-state index contributed by atoms with van der Waals surface area (Å²) >= 11 is 0. The highest BCUT2D eigenvalue weighted by atomic mass is 16.4. The molecule has 0 bridgehead atoms. The van der Waals surface area contributed by atoms with E-state index in [4.69, 9.17) is 0 Å². The molecule has 0 radical (unpaired) electrons. The molecule has 9 nitrogen and oxygen atoms in total. The Bertz CT molecular complexity index is 1250. The summed E-state index contributed by atoms with van der Waals surface area (Å²) in [5.41, 5.74) is 2.54. The Hall–Kier alpha value is -3.88. The van der Waals surface area contributed by atoms with Gasteiger partial charge in [-0.25, -0.2) is 4.79 Å². The maximum atomic E-state index is 13.6. The van der Waals surface area contributed by atoms with Crippen LogP contribution in [0.5, 0.6) is 0 Å². The van der Waals surface area contributed by atoms with Gasteiger partial charge in [0.15, 0.2) is 0 Å². The van der Waals surface area contributed by atoms with Crippen LogP contribution >= 0.6 is 0 Å². The van der Waals surface area contributed by atoms with E-state index in [1.165, 1.54) is 0 Å². The van der Waals surface area contributed by atoms with Crippen molar-refractivity contribution in [3.8, 4) is 0 Å². The minimum absolute atomic E-state index is 0.00412. The molecule has 4 rings (SSSR count). The summed E-state index contributed by atoms with van der Waals surface area (Å²) in [6.07, 6.45) is 0.886. The average Bonchev–Trinajstić information content (AvgIpc) is 3.13. The van der Waals surface area contributed by atoms with Crippen molar-refractivity contribution >= 4 is 29.4 Å². The molecule has 2 saturated heterocycles. The van der Waals surface area contributed by atoms with E-state index in [2.05, 4.69) is 5.32 Å². The lowest BCUT2D eigenvalue weighted by Gasteiger charge is -2.44. The Labute approximate surface area is 223 Å². The number of aryl methyl sites for hydroxylation is 2. The normalized spacial score (nSPS) is 17.7. The van der Waals surface area contributed by atoms with Crippen molar-refractivity contribution in [3.05, 3.63) is 64.7 Å². The molecule has 2 aromatic carbocycles. The molecular formula is C29H36N4O5. The number of benzene rings is 2. The number of piperidine rings is 1. The highest BCUT2D eigenvalue weighted by Gasteiger charge is 2.53. The van der Waals surface area contributed by atoms with Gasteiger partial charge in [-0.2, -0.15) is 0 Å². The predicted octanol–water partition coefficient (Wildman–Crippen LogP) is 3.05. The molecule has 0 unspecified atom stereocenters. The number of hydrogen-bond acceptors (Lipinski definition) is 5. The van der Waals surface area contributed by atoms with Crippen molar-refractivity contribution in [1.82, 2.24) is 15.1 Å². The minimum atomic E-state index is -1.00. The van der Waals surface area contributed by atoms with E-state index in [-0.39, 0.29) is 29.2 Å². The second-order valence-corrected chi connectivity index (χ2v) is 10.8. The predicted molar refractivity (Wildman–Crippen MR) is 144 cm³/mol. The number of rotatable bonds is 6. The van der Waals surface area contributed by atoms with Crippen LogP contribution in [-0.4, -0.2) is 77.0 Å². The molecule has 3 amide bonds. The second kappa shape index (κ2) is 10.5. The molecule has 0 aromatic heterocycles. The molecule has 2 fully saturated rings. The smallest absolute Gasteiger partial charge is 0.335 e. The molecule has 2 N–H and O–H groups in total. The molecule has 202 valence electrons. The number of likely N-dealkylation sites (N-methyl/N-ethyl adjacent to an activating group) is 1. The third-order valence-electron chi connectivity index (χ3n) is 7.80. The van der Waals surface area contributed by atoms with Crippen molar-refractivity contribution < 1.29 is 24.3 Å². The van der Waals surface area contributed by atoms with Gasteiger partial charge in [-0.3, -0.25) is 14.4 Å². The lowest BCUT2D eigenvalue weighted by molar-refractivity contribution is -0.139. The fraction of sp³-hybridized carbons (Fsp3) is 0.448. The van der Waals surface area contributed by atoms with Gasteiger partial charge in [0.2, 0.25) is 11.8 Å². The van der Waals surface area contributed by atoms with Gasteiger partial charge in [-0.05, 0) is 68.5 Å². The Morgan fingerprint density at radius 2 is 1.63 bits per heavy atom. The molecule has 1 spiro atoms. The topological polar surface area (TPSA) is 110 Å². The first-order chi connectivity index (χ1) is 17.9. The minimum Gasteiger partial charge on any atom is -0.478 e. The van der Waals surface area contributed by atoms with Crippen LogP contribution in [0.2, 0.25) is 0 Å². The Kier molecular flexibility index (Phi) is 7.49. The number of anilines is 1. The van der Waals surface area contributed by atoms with Gasteiger partial charge in [0.25, 0.3) is 5.91 Å². The SMILES string of the molecule is Cc1ccc(C)c(C(=O)N[C@@H](C(=O)N2CCC3(CC2)C(=O)N(C)CN3c2ccc(C(=O)O)cc2)C(C)C)c1. The lowest BCUT2D eigenvalue weighted by Crippen LogP contribution is -2.60. The first-order valence-corrected chi connectivity index (χ1v) is 13.0. The maximum absolute atomic E-state index is 13.6. The van der Waals surface area contributed by atoms with Crippen molar-refractivity contribution in [2.24, 2.45) is 5.92 Å². The number of carboxylic acid groups (broad SMARTS) is 1. The highest BCUT2D eigenvalue weighted by molar-refractivity contribution is 5.99. The van der Waals surface area contributed by atoms with E-state index < -0.39 is 17.6 Å². The standard InChI is InChI=1S/C29H36N4O5/c1-18(2)24(30-25(34)23-16-19(3)6-7-20(23)4)26(35)32-14-12-29(13-15-32)28(38)31(5)17-33(29)22-10-8-21(9-11-22)27(36)37/h6-11,16,18,24H,12-15,17H2,1-5H3,(H,30,34)(H,36,37)/t24-/m1/s1. The summed E-state index contributed by atoms with van der Waals surface area (Å²) in [4.78, 5) is 56.8. The van der Waals surface area contributed by atoms with Crippen LogP contribution in [0.4, 0.5) is 5.69 Å². The first kappa shape index (κ1) is 27.2. The van der Waals surface area contributed by atoms with Gasteiger partial charge < -0.3 is 25.1 Å². The fourth-order valence-electron chi connectivity index (χ4n) is 5.49. The van der Waals surface area contributed by atoms with Crippen LogP contribution in [0.25, 0.3) is 0 Å². The molecule has 9 heteroatoms. The van der Waals surface area contributed by atoms with Crippen molar-refractivity contribution in [2.45, 2.75) is 52.1 Å². The quantitative estimate of drug-likeness (QED) is 0.606. The zero-order valence-corrected chi connectivity index (χ0v) is 22.7. The zero-order chi connectivity index (χ0) is 27.8. The van der Waals surface area contributed by atoms with Crippen LogP contribution < -0.4 is 10.2 Å². The van der Waals surface area contributed by atoms with E-state index in [0.29, 0.717) is 38.2 Å². The second-order valence-electron chi connectivity index (χ2n) is 10.8. The van der Waals surface area contributed by atoms with Gasteiger partial charge in [0, 0.05) is 31.4 Å². The monoisotopic (exact) mass is 520 g/mol. The first-order valence-electron chi connectivity index (χ1n) is 13.0. The molecule has 38 heavy (non-hydrogen) atoms. The van der Waals surface area contributed by atoms with E-state index in [9.17, 15) is 24.3 Å². The van der Waals surface area contributed by atoms with Crippen molar-refractivity contribution in [2.75, 3.05) is 31.7 Å². The van der Waals surface area contributed by atoms with Crippen LogP contribution in [0.3, 0.4) is 0 Å². The van der Waals surface area contributed by atoms with Gasteiger partial charge >= 0.3 is 5.97 Å². The Morgan fingerprint density at radius 1 is 1.00 bits per heavy atom. The van der Waals surface area contributed by atoms with E-state index in [1.807, 2.05) is 50.8 Å². The number of nitrogens with zero attached hydrogens (tertiary/aromatic N) is 3. The number of nitrogens with one attached hydrogen (secondary N) is 1. The number of aromatic carboxylic acids is 1. The molecule has 2 aromatic rings. The fourth-order valence-corrected chi connectivity index (χ4v) is 5.49. The van der Waals surface area contributed by atoms with Crippen molar-refractivity contribution in [1.29, 1.82) is 0 Å². The molecular weight excluding hydrogens is 484 g/mol. The van der Waals surface area contributed by atoms with Crippen LogP contribution in [0, 0.1) is 19.8 Å². The molecule has 0 aliphatic carbocycles. The molecule has 2 heterocycles. The largest absolute Gasteiger partial charge is 0.478 e. The van der Waals surface area contributed by atoms with Crippen molar-refractivity contribution in [3.63, 3.8) is 0 Å². The summed E-state index contributed by atoms with van der Waals surface area (Å²) in [6, 6.07) is 11.5. The number of amides is 3. The summed E-state index contributed by atoms with van der Waals surface area (Å²) < 4.78 is 0. The summed E-state index contributed by atoms with van der Waals surface area (Å²) in [7, 11) is 1.75. The Balaban J connectivity index is 1.50. The molecule has 1 atom stereocenters. The third kappa shape index (κ3) is 4.97. The number of hydrogen-bond donors (Lipinski definition) is 2. The van der Waals surface area contributed by atoms with E-state index >= 15 is 0 Å². The number of carbonyl (C=O) groups excluding carboxylic acids is 3. The number of likely N-dealkylation sites (tertiary alicyclic amines) is 1. The third-order valence-corrected chi connectivity index (χ3v) is 7.80. The summed E-state index contributed by atoms with van der Waals surface area (Å²) in [5.74, 6) is -1.54. The molecule has 2 aliphatic heterocycles. The summed E-state index contributed by atoms with van der Waals surface area (Å²) in [6.45, 7) is 8.78. The van der Waals surface area contributed by atoms with Crippen LogP contribution in [0.1, 0.15) is 58.5 Å². The highest BCUT2D eigenvalue weighted by Crippen LogP contribution is 2.39. The van der Waals surface area contributed by atoms with Crippen LogP contribution in [-0.2, 0) is 9.59 Å². The van der Waals surface area contributed by atoms with Gasteiger partial charge in [0.1, 0.15) is 11.6 Å². The Morgan fingerprint density at radius 3 is 2.21 bits per heavy atom. The number of carboxylic acids is 1.